The summed E-state index contributed by atoms with van der Waals surface area (Å²) in [6.45, 7) is 4.86. The fraction of sp³-hybridized carbons (Fsp3) is 0.588. The van der Waals surface area contributed by atoms with Crippen LogP contribution < -0.4 is 0 Å². The Morgan fingerprint density at radius 3 is 2.36 bits per heavy atom. The molecular formula is C17H23ClO4. The predicted molar refractivity (Wildman–Crippen MR) is 85.0 cm³/mol. The normalized spacial score (nSPS) is 17.5. The van der Waals surface area contributed by atoms with Crippen molar-refractivity contribution in [3.8, 4) is 0 Å². The highest BCUT2D eigenvalue weighted by Gasteiger charge is 2.38. The monoisotopic (exact) mass is 326 g/mol. The Morgan fingerprint density at radius 1 is 1.27 bits per heavy atom. The van der Waals surface area contributed by atoms with Gasteiger partial charge in [-0.3, -0.25) is 4.79 Å². The largest absolute Gasteiger partial charge is 0.468 e. The Balaban J connectivity index is 2.25. The number of benzene rings is 1. The Bertz CT molecular complexity index is 504. The van der Waals surface area contributed by atoms with Crippen molar-refractivity contribution < 1.29 is 19.0 Å². The van der Waals surface area contributed by atoms with Gasteiger partial charge in [0.1, 0.15) is 0 Å². The molecule has 1 aliphatic rings. The molecule has 5 heteroatoms. The zero-order valence-corrected chi connectivity index (χ0v) is 14.1. The number of methoxy groups -OCH3 is 1. The first-order chi connectivity index (χ1) is 10.5. The van der Waals surface area contributed by atoms with E-state index in [0.717, 1.165) is 24.0 Å². The second-order valence-corrected chi connectivity index (χ2v) is 6.31. The van der Waals surface area contributed by atoms with Crippen molar-refractivity contribution in [3.63, 3.8) is 0 Å². The molecule has 1 heterocycles. The molecule has 0 aromatic heterocycles. The van der Waals surface area contributed by atoms with Gasteiger partial charge in [-0.2, -0.15) is 0 Å². The summed E-state index contributed by atoms with van der Waals surface area (Å²) in [7, 11) is 1.40. The number of carbonyl (C=O) groups excluding carboxylic acids is 1. The van der Waals surface area contributed by atoms with Crippen LogP contribution in [0.1, 0.15) is 37.8 Å². The molecule has 0 amide bonds. The maximum absolute atomic E-state index is 11.9. The van der Waals surface area contributed by atoms with Crippen LogP contribution >= 0.6 is 11.6 Å². The molecule has 1 fully saturated rings. The Hall–Kier alpha value is -1.10. The maximum Gasteiger partial charge on any atom is 0.315 e. The predicted octanol–water partition coefficient (Wildman–Crippen LogP) is 3.36. The zero-order chi connectivity index (χ0) is 16.2. The first-order valence-corrected chi connectivity index (χ1v) is 8.03. The summed E-state index contributed by atoms with van der Waals surface area (Å²) in [4.78, 5) is 11.9. The smallest absolute Gasteiger partial charge is 0.315 e. The standard InChI is InChI=1S/C17H23ClO4/c1-16(2,15(19)20-3)13-5-7-14(8-6-13)17(9-4-10-18)21-11-12-22-17/h5-8H,4,9-12H2,1-3H3. The molecule has 0 spiro atoms. The third kappa shape index (κ3) is 3.29. The quantitative estimate of drug-likeness (QED) is 0.594. The van der Waals surface area contributed by atoms with Gasteiger partial charge in [-0.05, 0) is 25.8 Å². The minimum Gasteiger partial charge on any atom is -0.468 e. The minimum absolute atomic E-state index is 0.259. The summed E-state index contributed by atoms with van der Waals surface area (Å²) < 4.78 is 16.6. The molecule has 0 aliphatic carbocycles. The first kappa shape index (κ1) is 17.3. The number of rotatable bonds is 6. The SMILES string of the molecule is COC(=O)C(C)(C)c1ccc(C2(CCCCl)OCCO2)cc1. The van der Waals surface area contributed by atoms with Crippen LogP contribution in [0.25, 0.3) is 0 Å². The number of ether oxygens (including phenoxy) is 3. The van der Waals surface area contributed by atoms with Gasteiger partial charge in [0, 0.05) is 17.9 Å². The van der Waals surface area contributed by atoms with Crippen molar-refractivity contribution in [1.82, 2.24) is 0 Å². The molecular weight excluding hydrogens is 304 g/mol. The summed E-state index contributed by atoms with van der Waals surface area (Å²) in [5.41, 5.74) is 1.17. The molecule has 4 nitrogen and oxygen atoms in total. The summed E-state index contributed by atoms with van der Waals surface area (Å²) in [5.74, 6) is -0.393. The molecule has 1 aromatic rings. The number of alkyl halides is 1. The van der Waals surface area contributed by atoms with Gasteiger partial charge in [0.05, 0.1) is 25.7 Å². The van der Waals surface area contributed by atoms with Crippen LogP contribution in [0.15, 0.2) is 24.3 Å². The lowest BCUT2D eigenvalue weighted by molar-refractivity contribution is -0.170. The molecule has 0 unspecified atom stereocenters. The van der Waals surface area contributed by atoms with Crippen LogP contribution in [0.4, 0.5) is 0 Å². The first-order valence-electron chi connectivity index (χ1n) is 7.49. The van der Waals surface area contributed by atoms with Gasteiger partial charge in [0.15, 0.2) is 5.79 Å². The average molecular weight is 327 g/mol. The summed E-state index contributed by atoms with van der Waals surface area (Å²) >= 11 is 5.80. The van der Waals surface area contributed by atoms with E-state index in [-0.39, 0.29) is 5.97 Å². The van der Waals surface area contributed by atoms with Gasteiger partial charge >= 0.3 is 5.97 Å². The molecule has 0 N–H and O–H groups in total. The second kappa shape index (κ2) is 6.99. The molecule has 0 atom stereocenters. The Kier molecular flexibility index (Phi) is 5.48. The molecule has 1 saturated heterocycles. The van der Waals surface area contributed by atoms with Crippen molar-refractivity contribution in [2.45, 2.75) is 37.9 Å². The van der Waals surface area contributed by atoms with E-state index in [4.69, 9.17) is 25.8 Å². The number of hydrogen-bond donors (Lipinski definition) is 0. The molecule has 2 rings (SSSR count). The van der Waals surface area contributed by atoms with Crippen LogP contribution in [-0.2, 0) is 30.2 Å². The molecule has 122 valence electrons. The van der Waals surface area contributed by atoms with Crippen LogP contribution in [-0.4, -0.2) is 32.2 Å². The fourth-order valence-corrected chi connectivity index (χ4v) is 2.86. The number of hydrogen-bond acceptors (Lipinski definition) is 4. The van der Waals surface area contributed by atoms with Gasteiger partial charge in [-0.25, -0.2) is 0 Å². The number of carbonyl (C=O) groups is 1. The van der Waals surface area contributed by atoms with Gasteiger partial charge < -0.3 is 14.2 Å². The highest BCUT2D eigenvalue weighted by atomic mass is 35.5. The van der Waals surface area contributed by atoms with Crippen molar-refractivity contribution in [3.05, 3.63) is 35.4 Å². The van der Waals surface area contributed by atoms with Crippen LogP contribution in [0, 0.1) is 0 Å². The van der Waals surface area contributed by atoms with E-state index in [1.54, 1.807) is 0 Å². The van der Waals surface area contributed by atoms with E-state index < -0.39 is 11.2 Å². The van der Waals surface area contributed by atoms with Gasteiger partial charge in [0.25, 0.3) is 0 Å². The second-order valence-electron chi connectivity index (χ2n) is 5.94. The van der Waals surface area contributed by atoms with Gasteiger partial charge in [-0.1, -0.05) is 24.3 Å². The molecule has 1 aromatic carbocycles. The van der Waals surface area contributed by atoms with Gasteiger partial charge in [-0.15, -0.1) is 11.6 Å². The van der Waals surface area contributed by atoms with Crippen molar-refractivity contribution in [2.75, 3.05) is 26.2 Å². The van der Waals surface area contributed by atoms with Crippen LogP contribution in [0.5, 0.6) is 0 Å². The van der Waals surface area contributed by atoms with E-state index in [1.807, 2.05) is 38.1 Å². The van der Waals surface area contributed by atoms with E-state index in [9.17, 15) is 4.79 Å². The van der Waals surface area contributed by atoms with Gasteiger partial charge in [0.2, 0.25) is 0 Å². The lowest BCUT2D eigenvalue weighted by Gasteiger charge is -2.29. The van der Waals surface area contributed by atoms with Crippen molar-refractivity contribution in [2.24, 2.45) is 0 Å². The third-order valence-electron chi connectivity index (χ3n) is 4.14. The topological polar surface area (TPSA) is 44.8 Å². The highest BCUT2D eigenvalue weighted by molar-refractivity contribution is 6.17. The molecule has 1 aliphatic heterocycles. The Labute approximate surface area is 136 Å². The lowest BCUT2D eigenvalue weighted by Crippen LogP contribution is -2.31. The zero-order valence-electron chi connectivity index (χ0n) is 13.4. The van der Waals surface area contributed by atoms with Crippen LogP contribution in [0.2, 0.25) is 0 Å². The number of esters is 1. The minimum atomic E-state index is -0.706. The van der Waals surface area contributed by atoms with Crippen molar-refractivity contribution >= 4 is 17.6 Å². The van der Waals surface area contributed by atoms with E-state index >= 15 is 0 Å². The fourth-order valence-electron chi connectivity index (χ4n) is 2.72. The summed E-state index contributed by atoms with van der Waals surface area (Å²) in [6, 6.07) is 7.78. The maximum atomic E-state index is 11.9. The van der Waals surface area contributed by atoms with E-state index in [0.29, 0.717) is 19.1 Å². The summed E-state index contributed by atoms with van der Waals surface area (Å²) in [5, 5.41) is 0. The van der Waals surface area contributed by atoms with E-state index in [2.05, 4.69) is 0 Å². The molecule has 0 saturated carbocycles. The summed E-state index contributed by atoms with van der Waals surface area (Å²) in [6.07, 6.45) is 1.53. The lowest BCUT2D eigenvalue weighted by atomic mass is 9.83. The average Bonchev–Trinajstić information content (AvgIpc) is 3.02. The van der Waals surface area contributed by atoms with Crippen molar-refractivity contribution in [1.29, 1.82) is 0 Å². The molecule has 22 heavy (non-hydrogen) atoms. The van der Waals surface area contributed by atoms with E-state index in [1.165, 1.54) is 7.11 Å². The van der Waals surface area contributed by atoms with Crippen LogP contribution in [0.3, 0.4) is 0 Å². The molecule has 0 radical (unpaired) electrons. The highest BCUT2D eigenvalue weighted by Crippen LogP contribution is 2.37. The Morgan fingerprint density at radius 2 is 1.86 bits per heavy atom. The molecule has 0 bridgehead atoms. The number of halogens is 1. The third-order valence-corrected chi connectivity index (χ3v) is 4.40.